The van der Waals surface area contributed by atoms with E-state index in [0.29, 0.717) is 22.4 Å². The lowest BCUT2D eigenvalue weighted by Crippen LogP contribution is -2.21. The third kappa shape index (κ3) is 3.68. The quantitative estimate of drug-likeness (QED) is 0.461. The molecule has 0 saturated heterocycles. The molecule has 0 amide bonds. The molecule has 0 saturated carbocycles. The molecular formula is C16H13ClFNO3. The Labute approximate surface area is 131 Å². The molecule has 0 bridgehead atoms. The molecule has 0 N–H and O–H groups in total. The SMILES string of the molecule is O=C[C@@H](c1ccccc1Cl)[C@@H](C[N+](=O)[O-])c1ccc(F)cc1. The Morgan fingerprint density at radius 2 is 1.82 bits per heavy atom. The van der Waals surface area contributed by atoms with Gasteiger partial charge in [0.05, 0.1) is 11.8 Å². The summed E-state index contributed by atoms with van der Waals surface area (Å²) in [4.78, 5) is 22.1. The Morgan fingerprint density at radius 1 is 1.18 bits per heavy atom. The maximum atomic E-state index is 13.1. The fourth-order valence-electron chi connectivity index (χ4n) is 2.43. The summed E-state index contributed by atoms with van der Waals surface area (Å²) >= 11 is 6.10. The van der Waals surface area contributed by atoms with Gasteiger partial charge in [-0.25, -0.2) is 4.39 Å². The van der Waals surface area contributed by atoms with Crippen molar-refractivity contribution in [2.45, 2.75) is 11.8 Å². The molecule has 2 atom stereocenters. The van der Waals surface area contributed by atoms with Crippen molar-refractivity contribution < 1.29 is 14.1 Å². The standard InChI is InChI=1S/C16H13ClFNO3/c17-16-4-2-1-3-13(16)15(10-20)14(9-19(21)22)11-5-7-12(18)8-6-11/h1-8,10,14-15H,9H2/t14-,15-/m0/s1. The van der Waals surface area contributed by atoms with E-state index in [1.54, 1.807) is 24.3 Å². The Morgan fingerprint density at radius 3 is 2.36 bits per heavy atom. The predicted molar refractivity (Wildman–Crippen MR) is 81.3 cm³/mol. The number of carbonyl (C=O) groups is 1. The average molecular weight is 322 g/mol. The molecule has 0 aliphatic rings. The Balaban J connectivity index is 2.46. The molecular weight excluding hydrogens is 309 g/mol. The van der Waals surface area contributed by atoms with E-state index in [1.807, 2.05) is 0 Å². The predicted octanol–water partition coefficient (Wildman–Crippen LogP) is 3.82. The number of rotatable bonds is 6. The van der Waals surface area contributed by atoms with Crippen LogP contribution < -0.4 is 0 Å². The van der Waals surface area contributed by atoms with Crippen molar-refractivity contribution in [1.82, 2.24) is 0 Å². The molecule has 0 aromatic heterocycles. The Kier molecular flexibility index (Phi) is 5.22. The van der Waals surface area contributed by atoms with Crippen LogP contribution >= 0.6 is 11.6 Å². The molecule has 2 aromatic rings. The number of carbonyl (C=O) groups excluding carboxylic acids is 1. The second kappa shape index (κ2) is 7.13. The third-order valence-corrected chi connectivity index (χ3v) is 3.83. The summed E-state index contributed by atoms with van der Waals surface area (Å²) < 4.78 is 13.1. The van der Waals surface area contributed by atoms with Crippen LogP contribution in [0.1, 0.15) is 23.0 Å². The van der Waals surface area contributed by atoms with E-state index < -0.39 is 29.1 Å². The smallest absolute Gasteiger partial charge is 0.211 e. The zero-order valence-electron chi connectivity index (χ0n) is 11.5. The number of nitro groups is 1. The highest BCUT2D eigenvalue weighted by molar-refractivity contribution is 6.31. The van der Waals surface area contributed by atoms with Crippen LogP contribution in [0.4, 0.5) is 4.39 Å². The van der Waals surface area contributed by atoms with Crippen molar-refractivity contribution in [1.29, 1.82) is 0 Å². The number of hydrogen-bond acceptors (Lipinski definition) is 3. The van der Waals surface area contributed by atoms with Gasteiger partial charge in [-0.2, -0.15) is 0 Å². The van der Waals surface area contributed by atoms with Gasteiger partial charge in [0.25, 0.3) is 0 Å². The molecule has 6 heteroatoms. The summed E-state index contributed by atoms with van der Waals surface area (Å²) in [5.41, 5.74) is 1.05. The summed E-state index contributed by atoms with van der Waals surface area (Å²) in [7, 11) is 0. The van der Waals surface area contributed by atoms with Crippen LogP contribution in [-0.4, -0.2) is 17.8 Å². The van der Waals surface area contributed by atoms with Crippen LogP contribution in [0.5, 0.6) is 0 Å². The fraction of sp³-hybridized carbons (Fsp3) is 0.188. The first-order valence-corrected chi connectivity index (χ1v) is 6.97. The Bertz CT molecular complexity index is 675. The fourth-order valence-corrected chi connectivity index (χ4v) is 2.69. The van der Waals surface area contributed by atoms with Crippen LogP contribution in [0.3, 0.4) is 0 Å². The monoisotopic (exact) mass is 321 g/mol. The van der Waals surface area contributed by atoms with E-state index in [9.17, 15) is 19.3 Å². The third-order valence-electron chi connectivity index (χ3n) is 3.49. The first-order chi connectivity index (χ1) is 10.5. The van der Waals surface area contributed by atoms with Crippen molar-refractivity contribution in [3.8, 4) is 0 Å². The highest BCUT2D eigenvalue weighted by Gasteiger charge is 2.30. The molecule has 2 aromatic carbocycles. The molecule has 22 heavy (non-hydrogen) atoms. The normalized spacial score (nSPS) is 13.4. The minimum Gasteiger partial charge on any atom is -0.303 e. The lowest BCUT2D eigenvalue weighted by atomic mass is 9.82. The number of aldehydes is 1. The number of nitrogens with zero attached hydrogens (tertiary/aromatic N) is 1. The summed E-state index contributed by atoms with van der Waals surface area (Å²) in [6.07, 6.45) is 0.652. The minimum atomic E-state index is -0.774. The van der Waals surface area contributed by atoms with Gasteiger partial charge in [0, 0.05) is 9.95 Å². The van der Waals surface area contributed by atoms with Crippen LogP contribution in [0.25, 0.3) is 0 Å². The van der Waals surface area contributed by atoms with Crippen LogP contribution in [0, 0.1) is 15.9 Å². The molecule has 0 heterocycles. The maximum absolute atomic E-state index is 13.1. The average Bonchev–Trinajstić information content (AvgIpc) is 2.49. The number of halogens is 2. The van der Waals surface area contributed by atoms with E-state index in [-0.39, 0.29) is 0 Å². The Hall–Kier alpha value is -2.27. The van der Waals surface area contributed by atoms with Gasteiger partial charge in [-0.15, -0.1) is 0 Å². The van der Waals surface area contributed by atoms with E-state index in [1.165, 1.54) is 24.3 Å². The van der Waals surface area contributed by atoms with E-state index in [2.05, 4.69) is 0 Å². The van der Waals surface area contributed by atoms with Crippen LogP contribution in [-0.2, 0) is 4.79 Å². The summed E-state index contributed by atoms with van der Waals surface area (Å²) in [6, 6.07) is 12.1. The molecule has 0 aliphatic carbocycles. The van der Waals surface area contributed by atoms with Crippen molar-refractivity contribution in [2.75, 3.05) is 6.54 Å². The van der Waals surface area contributed by atoms with Crippen molar-refractivity contribution in [3.63, 3.8) is 0 Å². The molecule has 0 spiro atoms. The van der Waals surface area contributed by atoms with Crippen molar-refractivity contribution in [2.24, 2.45) is 0 Å². The lowest BCUT2D eigenvalue weighted by molar-refractivity contribution is -0.483. The van der Waals surface area contributed by atoms with Gasteiger partial charge < -0.3 is 4.79 Å². The molecule has 2 rings (SSSR count). The van der Waals surface area contributed by atoms with Gasteiger partial charge in [-0.3, -0.25) is 10.1 Å². The van der Waals surface area contributed by atoms with Crippen molar-refractivity contribution >= 4 is 17.9 Å². The number of hydrogen-bond donors (Lipinski definition) is 0. The summed E-state index contributed by atoms with van der Waals surface area (Å²) in [6.45, 7) is -0.444. The van der Waals surface area contributed by atoms with Crippen LogP contribution in [0.15, 0.2) is 48.5 Å². The minimum absolute atomic E-state index is 0.370. The molecule has 0 radical (unpaired) electrons. The van der Waals surface area contributed by atoms with E-state index in [0.717, 1.165) is 0 Å². The lowest BCUT2D eigenvalue weighted by Gasteiger charge is -2.21. The zero-order chi connectivity index (χ0) is 16.1. The van der Waals surface area contributed by atoms with Gasteiger partial charge >= 0.3 is 0 Å². The molecule has 114 valence electrons. The summed E-state index contributed by atoms with van der Waals surface area (Å²) in [5.74, 6) is -1.93. The van der Waals surface area contributed by atoms with Gasteiger partial charge in [-0.05, 0) is 29.3 Å². The van der Waals surface area contributed by atoms with Crippen LogP contribution in [0.2, 0.25) is 5.02 Å². The van der Waals surface area contributed by atoms with E-state index in [4.69, 9.17) is 11.6 Å². The highest BCUT2D eigenvalue weighted by Crippen LogP contribution is 2.35. The van der Waals surface area contributed by atoms with Gasteiger partial charge in [-0.1, -0.05) is 41.9 Å². The second-order valence-electron chi connectivity index (χ2n) is 4.86. The first-order valence-electron chi connectivity index (χ1n) is 6.60. The maximum Gasteiger partial charge on any atom is 0.211 e. The molecule has 0 fully saturated rings. The van der Waals surface area contributed by atoms with Gasteiger partial charge in [0.2, 0.25) is 6.54 Å². The van der Waals surface area contributed by atoms with Crippen molar-refractivity contribution in [3.05, 3.63) is 80.6 Å². The summed E-state index contributed by atoms with van der Waals surface area (Å²) in [5, 5.41) is 11.3. The van der Waals surface area contributed by atoms with Gasteiger partial charge in [0.15, 0.2) is 0 Å². The zero-order valence-corrected chi connectivity index (χ0v) is 12.2. The first kappa shape index (κ1) is 16.1. The van der Waals surface area contributed by atoms with E-state index >= 15 is 0 Å². The highest BCUT2D eigenvalue weighted by atomic mass is 35.5. The number of benzene rings is 2. The van der Waals surface area contributed by atoms with Gasteiger partial charge in [0.1, 0.15) is 12.1 Å². The molecule has 0 aliphatic heterocycles. The topological polar surface area (TPSA) is 60.2 Å². The molecule has 0 unspecified atom stereocenters. The largest absolute Gasteiger partial charge is 0.303 e. The molecule has 4 nitrogen and oxygen atoms in total. The second-order valence-corrected chi connectivity index (χ2v) is 5.26.